The zero-order valence-corrected chi connectivity index (χ0v) is 8.69. The Labute approximate surface area is 82.9 Å². The first-order valence-corrected chi connectivity index (χ1v) is 4.39. The fourth-order valence-corrected chi connectivity index (χ4v) is 0.935. The van der Waals surface area contributed by atoms with Crippen LogP contribution in [0.15, 0.2) is 6.20 Å². The highest BCUT2D eigenvalue weighted by molar-refractivity contribution is 5.91. The molecule has 0 spiro atoms. The van der Waals surface area contributed by atoms with Gasteiger partial charge < -0.3 is 10.2 Å². The number of hydrogen-bond donors (Lipinski definition) is 1. The minimum absolute atomic E-state index is 0.181. The molecule has 0 saturated heterocycles. The molecule has 0 fully saturated rings. The number of carbonyl (C=O) groups excluding carboxylic acids is 1. The van der Waals surface area contributed by atoms with Crippen molar-refractivity contribution in [3.8, 4) is 0 Å². The van der Waals surface area contributed by atoms with Crippen LogP contribution in [0.1, 0.15) is 10.5 Å². The molecule has 1 rings (SSSR count). The van der Waals surface area contributed by atoms with Crippen molar-refractivity contribution in [2.24, 2.45) is 7.05 Å². The van der Waals surface area contributed by atoms with Crippen molar-refractivity contribution in [1.29, 1.82) is 0 Å². The van der Waals surface area contributed by atoms with Crippen molar-refractivity contribution in [3.05, 3.63) is 11.9 Å². The molecule has 0 aromatic carbocycles. The van der Waals surface area contributed by atoms with Gasteiger partial charge in [-0.25, -0.2) is 0 Å². The highest BCUT2D eigenvalue weighted by Gasteiger charge is 2.08. The van der Waals surface area contributed by atoms with Crippen LogP contribution in [0.4, 0.5) is 0 Å². The summed E-state index contributed by atoms with van der Waals surface area (Å²) in [6, 6.07) is 0. The van der Waals surface area contributed by atoms with Gasteiger partial charge in [-0.3, -0.25) is 9.48 Å². The molecule has 0 radical (unpaired) electrons. The Morgan fingerprint density at radius 2 is 2.36 bits per heavy atom. The van der Waals surface area contributed by atoms with E-state index in [2.05, 4.69) is 15.6 Å². The summed E-state index contributed by atoms with van der Waals surface area (Å²) in [5, 5.41) is 10.1. The van der Waals surface area contributed by atoms with Crippen LogP contribution >= 0.6 is 0 Å². The first kappa shape index (κ1) is 10.6. The zero-order valence-electron chi connectivity index (χ0n) is 8.69. The Balaban J connectivity index is 2.36. The van der Waals surface area contributed by atoms with E-state index in [1.807, 2.05) is 19.0 Å². The number of nitrogens with zero attached hydrogens (tertiary/aromatic N) is 4. The Kier molecular flexibility index (Phi) is 3.58. The van der Waals surface area contributed by atoms with E-state index in [9.17, 15) is 4.79 Å². The Bertz CT molecular complexity index is 306. The third-order valence-corrected chi connectivity index (χ3v) is 1.68. The predicted octanol–water partition coefficient (Wildman–Crippen LogP) is -0.893. The second-order valence-electron chi connectivity index (χ2n) is 3.34. The lowest BCUT2D eigenvalue weighted by atomic mass is 10.4. The molecule has 6 heteroatoms. The SMILES string of the molecule is CN(C)CCNC(=O)c1cn(C)nn1. The van der Waals surface area contributed by atoms with Gasteiger partial charge in [-0.1, -0.05) is 5.21 Å². The molecule has 14 heavy (non-hydrogen) atoms. The molecule has 6 nitrogen and oxygen atoms in total. The molecule has 0 aliphatic carbocycles. The van der Waals surface area contributed by atoms with E-state index >= 15 is 0 Å². The van der Waals surface area contributed by atoms with Crippen LogP contribution in [0.3, 0.4) is 0 Å². The fourth-order valence-electron chi connectivity index (χ4n) is 0.935. The maximum Gasteiger partial charge on any atom is 0.273 e. The van der Waals surface area contributed by atoms with E-state index in [4.69, 9.17) is 0 Å². The maximum absolute atomic E-state index is 11.4. The van der Waals surface area contributed by atoms with E-state index in [0.717, 1.165) is 6.54 Å². The first-order chi connectivity index (χ1) is 6.59. The summed E-state index contributed by atoms with van der Waals surface area (Å²) in [6.45, 7) is 1.43. The van der Waals surface area contributed by atoms with Gasteiger partial charge in [-0.05, 0) is 14.1 Å². The van der Waals surface area contributed by atoms with Crippen LogP contribution in [0, 0.1) is 0 Å². The van der Waals surface area contributed by atoms with E-state index in [-0.39, 0.29) is 5.91 Å². The van der Waals surface area contributed by atoms with E-state index < -0.39 is 0 Å². The summed E-state index contributed by atoms with van der Waals surface area (Å²) in [4.78, 5) is 13.4. The quantitative estimate of drug-likeness (QED) is 0.680. The molecule has 0 atom stereocenters. The number of rotatable bonds is 4. The predicted molar refractivity (Wildman–Crippen MR) is 51.9 cm³/mol. The molecule has 1 amide bonds. The summed E-state index contributed by atoms with van der Waals surface area (Å²) < 4.78 is 1.50. The molecule has 0 bridgehead atoms. The van der Waals surface area contributed by atoms with Gasteiger partial charge in [0.05, 0.1) is 6.20 Å². The molecular weight excluding hydrogens is 182 g/mol. The van der Waals surface area contributed by atoms with Crippen LogP contribution in [0.5, 0.6) is 0 Å². The summed E-state index contributed by atoms with van der Waals surface area (Å²) in [6.07, 6.45) is 1.59. The van der Waals surface area contributed by atoms with Crippen molar-refractivity contribution in [1.82, 2.24) is 25.2 Å². The summed E-state index contributed by atoms with van der Waals surface area (Å²) in [5.41, 5.74) is 0.353. The van der Waals surface area contributed by atoms with Gasteiger partial charge in [0.1, 0.15) is 0 Å². The van der Waals surface area contributed by atoms with Crippen LogP contribution in [0.2, 0.25) is 0 Å². The van der Waals surface area contributed by atoms with E-state index in [1.165, 1.54) is 4.68 Å². The topological polar surface area (TPSA) is 63.1 Å². The molecule has 1 heterocycles. The summed E-state index contributed by atoms with van der Waals surface area (Å²) in [7, 11) is 5.63. The lowest BCUT2D eigenvalue weighted by Gasteiger charge is -2.08. The average molecular weight is 197 g/mol. The van der Waals surface area contributed by atoms with Crippen molar-refractivity contribution in [2.45, 2.75) is 0 Å². The van der Waals surface area contributed by atoms with Gasteiger partial charge in [-0.2, -0.15) is 0 Å². The van der Waals surface area contributed by atoms with Crippen LogP contribution < -0.4 is 5.32 Å². The smallest absolute Gasteiger partial charge is 0.273 e. The monoisotopic (exact) mass is 197 g/mol. The number of likely N-dealkylation sites (N-methyl/N-ethyl adjacent to an activating group) is 1. The van der Waals surface area contributed by atoms with Gasteiger partial charge in [0.25, 0.3) is 5.91 Å². The maximum atomic E-state index is 11.4. The normalized spacial score (nSPS) is 10.6. The molecule has 0 unspecified atom stereocenters. The van der Waals surface area contributed by atoms with Crippen LogP contribution in [-0.4, -0.2) is 53.0 Å². The summed E-state index contributed by atoms with van der Waals surface area (Å²) in [5.74, 6) is -0.181. The molecule has 1 aromatic rings. The van der Waals surface area contributed by atoms with Crippen LogP contribution in [0.25, 0.3) is 0 Å². The minimum atomic E-state index is -0.181. The number of hydrogen-bond acceptors (Lipinski definition) is 4. The molecule has 0 saturated carbocycles. The number of carbonyl (C=O) groups is 1. The van der Waals surface area contributed by atoms with Gasteiger partial charge in [0.2, 0.25) is 0 Å². The highest BCUT2D eigenvalue weighted by Crippen LogP contribution is 1.89. The fraction of sp³-hybridized carbons (Fsp3) is 0.625. The summed E-state index contributed by atoms with van der Waals surface area (Å²) >= 11 is 0. The average Bonchev–Trinajstić information content (AvgIpc) is 2.51. The highest BCUT2D eigenvalue weighted by atomic mass is 16.2. The Morgan fingerprint density at radius 3 is 2.86 bits per heavy atom. The first-order valence-electron chi connectivity index (χ1n) is 4.39. The molecule has 0 aliphatic rings. The van der Waals surface area contributed by atoms with Gasteiger partial charge in [-0.15, -0.1) is 5.10 Å². The molecular formula is C8H15N5O. The molecule has 1 N–H and O–H groups in total. The second kappa shape index (κ2) is 4.71. The van der Waals surface area contributed by atoms with Crippen molar-refractivity contribution < 1.29 is 4.79 Å². The zero-order chi connectivity index (χ0) is 10.6. The second-order valence-corrected chi connectivity index (χ2v) is 3.34. The number of aromatic nitrogens is 3. The van der Waals surface area contributed by atoms with E-state index in [0.29, 0.717) is 12.2 Å². The van der Waals surface area contributed by atoms with Crippen molar-refractivity contribution in [3.63, 3.8) is 0 Å². The van der Waals surface area contributed by atoms with Gasteiger partial charge >= 0.3 is 0 Å². The third-order valence-electron chi connectivity index (χ3n) is 1.68. The lowest BCUT2D eigenvalue weighted by Crippen LogP contribution is -2.31. The number of amides is 1. The molecule has 0 aliphatic heterocycles. The lowest BCUT2D eigenvalue weighted by molar-refractivity contribution is 0.0946. The molecule has 78 valence electrons. The van der Waals surface area contributed by atoms with E-state index in [1.54, 1.807) is 13.2 Å². The van der Waals surface area contributed by atoms with Gasteiger partial charge in [0, 0.05) is 20.1 Å². The third kappa shape index (κ3) is 3.14. The standard InChI is InChI=1S/C8H15N5O/c1-12(2)5-4-9-8(14)7-6-13(3)11-10-7/h6H,4-5H2,1-3H3,(H,9,14). The van der Waals surface area contributed by atoms with Crippen molar-refractivity contribution >= 4 is 5.91 Å². The molecule has 1 aromatic heterocycles. The Hall–Kier alpha value is -1.43. The minimum Gasteiger partial charge on any atom is -0.349 e. The number of aryl methyl sites for hydroxylation is 1. The van der Waals surface area contributed by atoms with Crippen LogP contribution in [-0.2, 0) is 7.05 Å². The Morgan fingerprint density at radius 1 is 1.64 bits per heavy atom. The van der Waals surface area contributed by atoms with Crippen molar-refractivity contribution in [2.75, 3.05) is 27.2 Å². The van der Waals surface area contributed by atoms with Gasteiger partial charge in [0.15, 0.2) is 5.69 Å². The number of nitrogens with one attached hydrogen (secondary N) is 1. The largest absolute Gasteiger partial charge is 0.349 e.